The van der Waals surface area contributed by atoms with E-state index in [0.29, 0.717) is 12.1 Å². The van der Waals surface area contributed by atoms with Gasteiger partial charge < -0.3 is 22.1 Å². The van der Waals surface area contributed by atoms with Gasteiger partial charge in [0.15, 0.2) is 5.96 Å². The molecule has 2 rings (SSSR count). The van der Waals surface area contributed by atoms with Gasteiger partial charge in [-0.1, -0.05) is 0 Å². The molecule has 1 aromatic rings. The van der Waals surface area contributed by atoms with Gasteiger partial charge in [0.2, 0.25) is 11.9 Å². The zero-order chi connectivity index (χ0) is 15.4. The second kappa shape index (κ2) is 6.25. The van der Waals surface area contributed by atoms with Gasteiger partial charge in [-0.3, -0.25) is 4.79 Å². The SMILES string of the molecule is Cc1cc(N=C(N)N=C(N)N)ccc1N1CCCCC1=O. The Labute approximate surface area is 123 Å². The molecule has 0 aromatic heterocycles. The molecule has 112 valence electrons. The number of anilines is 1. The third kappa shape index (κ3) is 3.71. The Balaban J connectivity index is 2.25. The van der Waals surface area contributed by atoms with Gasteiger partial charge in [-0.15, -0.1) is 0 Å². The first-order valence-corrected chi connectivity index (χ1v) is 6.82. The molecule has 0 unspecified atom stereocenters. The van der Waals surface area contributed by atoms with Crippen molar-refractivity contribution in [2.24, 2.45) is 27.2 Å². The van der Waals surface area contributed by atoms with E-state index < -0.39 is 0 Å². The molecule has 1 amide bonds. The smallest absolute Gasteiger partial charge is 0.226 e. The Bertz CT molecular complexity index is 603. The number of carbonyl (C=O) groups is 1. The second-order valence-corrected chi connectivity index (χ2v) is 4.98. The highest BCUT2D eigenvalue weighted by Gasteiger charge is 2.20. The van der Waals surface area contributed by atoms with Crippen LogP contribution in [0.25, 0.3) is 0 Å². The fraction of sp³-hybridized carbons (Fsp3) is 0.357. The molecule has 1 fully saturated rings. The first-order chi connectivity index (χ1) is 9.97. The average Bonchev–Trinajstić information content (AvgIpc) is 2.39. The van der Waals surface area contributed by atoms with Gasteiger partial charge in [-0.05, 0) is 43.5 Å². The van der Waals surface area contributed by atoms with Crippen molar-refractivity contribution in [3.05, 3.63) is 23.8 Å². The van der Waals surface area contributed by atoms with Crippen molar-refractivity contribution in [2.45, 2.75) is 26.2 Å². The van der Waals surface area contributed by atoms with E-state index in [0.717, 1.165) is 30.6 Å². The van der Waals surface area contributed by atoms with Crippen LogP contribution in [0.4, 0.5) is 11.4 Å². The molecular weight excluding hydrogens is 268 g/mol. The van der Waals surface area contributed by atoms with Gasteiger partial charge in [0.05, 0.1) is 5.69 Å². The first kappa shape index (κ1) is 14.8. The van der Waals surface area contributed by atoms with Crippen molar-refractivity contribution >= 4 is 29.2 Å². The fourth-order valence-electron chi connectivity index (χ4n) is 2.36. The summed E-state index contributed by atoms with van der Waals surface area (Å²) in [7, 11) is 0. The van der Waals surface area contributed by atoms with E-state index >= 15 is 0 Å². The first-order valence-electron chi connectivity index (χ1n) is 6.82. The molecule has 1 aromatic carbocycles. The minimum absolute atomic E-state index is 0.00352. The van der Waals surface area contributed by atoms with Gasteiger partial charge in [-0.25, -0.2) is 4.99 Å². The molecule has 1 heterocycles. The Morgan fingerprint density at radius 3 is 2.62 bits per heavy atom. The van der Waals surface area contributed by atoms with Crippen LogP contribution in [0.1, 0.15) is 24.8 Å². The van der Waals surface area contributed by atoms with Crippen LogP contribution in [0, 0.1) is 6.92 Å². The minimum atomic E-state index is -0.136. The Morgan fingerprint density at radius 2 is 2.00 bits per heavy atom. The summed E-state index contributed by atoms with van der Waals surface area (Å²) in [5.74, 6) is 0.0281. The summed E-state index contributed by atoms with van der Waals surface area (Å²) in [6.45, 7) is 2.70. The Kier molecular flexibility index (Phi) is 4.42. The Morgan fingerprint density at radius 1 is 1.24 bits per heavy atom. The van der Waals surface area contributed by atoms with Gasteiger partial charge in [-0.2, -0.15) is 4.99 Å². The number of guanidine groups is 2. The van der Waals surface area contributed by atoms with E-state index in [4.69, 9.17) is 17.2 Å². The third-order valence-electron chi connectivity index (χ3n) is 3.28. The van der Waals surface area contributed by atoms with Gasteiger partial charge in [0.25, 0.3) is 0 Å². The number of piperidine rings is 1. The lowest BCUT2D eigenvalue weighted by atomic mass is 10.1. The molecule has 6 N–H and O–H groups in total. The number of rotatable bonds is 2. The average molecular weight is 288 g/mol. The molecule has 7 nitrogen and oxygen atoms in total. The van der Waals surface area contributed by atoms with Crippen LogP contribution in [-0.4, -0.2) is 24.4 Å². The maximum absolute atomic E-state index is 12.0. The molecule has 1 aliphatic heterocycles. The number of benzene rings is 1. The summed E-state index contributed by atoms with van der Waals surface area (Å²) < 4.78 is 0. The second-order valence-electron chi connectivity index (χ2n) is 4.98. The Hall–Kier alpha value is -2.57. The van der Waals surface area contributed by atoms with Gasteiger partial charge in [0, 0.05) is 18.7 Å². The van der Waals surface area contributed by atoms with Crippen LogP contribution in [0.5, 0.6) is 0 Å². The highest BCUT2D eigenvalue weighted by Crippen LogP contribution is 2.28. The normalized spacial score (nSPS) is 16.0. The molecular formula is C14H20N6O. The molecule has 1 saturated heterocycles. The van der Waals surface area contributed by atoms with Gasteiger partial charge >= 0.3 is 0 Å². The monoisotopic (exact) mass is 288 g/mol. The van der Waals surface area contributed by atoms with Crippen molar-refractivity contribution in [2.75, 3.05) is 11.4 Å². The summed E-state index contributed by atoms with van der Waals surface area (Å²) >= 11 is 0. The lowest BCUT2D eigenvalue weighted by molar-refractivity contribution is -0.119. The molecule has 7 heteroatoms. The number of amides is 1. The van der Waals surface area contributed by atoms with Crippen LogP contribution < -0.4 is 22.1 Å². The number of nitrogens with two attached hydrogens (primary N) is 3. The molecule has 0 saturated carbocycles. The molecule has 21 heavy (non-hydrogen) atoms. The maximum atomic E-state index is 12.0. The molecule has 0 radical (unpaired) electrons. The van der Waals surface area contributed by atoms with Gasteiger partial charge in [0.1, 0.15) is 0 Å². The van der Waals surface area contributed by atoms with Crippen molar-refractivity contribution < 1.29 is 4.79 Å². The largest absolute Gasteiger partial charge is 0.370 e. The lowest BCUT2D eigenvalue weighted by Crippen LogP contribution is -2.35. The van der Waals surface area contributed by atoms with Crippen LogP contribution in [0.3, 0.4) is 0 Å². The lowest BCUT2D eigenvalue weighted by Gasteiger charge is -2.28. The van der Waals surface area contributed by atoms with Crippen LogP contribution in [0.15, 0.2) is 28.2 Å². The minimum Gasteiger partial charge on any atom is -0.370 e. The quantitative estimate of drug-likeness (QED) is 0.548. The zero-order valence-electron chi connectivity index (χ0n) is 12.0. The highest BCUT2D eigenvalue weighted by molar-refractivity contribution is 5.95. The zero-order valence-corrected chi connectivity index (χ0v) is 12.0. The van der Waals surface area contributed by atoms with Crippen molar-refractivity contribution in [1.82, 2.24) is 0 Å². The van der Waals surface area contributed by atoms with E-state index in [9.17, 15) is 4.79 Å². The summed E-state index contributed by atoms with van der Waals surface area (Å²) in [5, 5.41) is 0. The van der Waals surface area contributed by atoms with E-state index in [-0.39, 0.29) is 17.8 Å². The number of nitrogens with zero attached hydrogens (tertiary/aromatic N) is 3. The molecule has 1 aliphatic rings. The topological polar surface area (TPSA) is 123 Å². The fourth-order valence-corrected chi connectivity index (χ4v) is 2.36. The van der Waals surface area contributed by atoms with E-state index in [1.54, 1.807) is 6.07 Å². The van der Waals surface area contributed by atoms with E-state index in [1.165, 1.54) is 0 Å². The van der Waals surface area contributed by atoms with E-state index in [1.807, 2.05) is 24.0 Å². The third-order valence-corrected chi connectivity index (χ3v) is 3.28. The predicted molar refractivity (Wildman–Crippen MR) is 84.5 cm³/mol. The van der Waals surface area contributed by atoms with Crippen molar-refractivity contribution in [3.63, 3.8) is 0 Å². The summed E-state index contributed by atoms with van der Waals surface area (Å²) in [6, 6.07) is 5.52. The number of hydrogen-bond donors (Lipinski definition) is 3. The number of aliphatic imine (C=N–C) groups is 2. The molecule has 0 aliphatic carbocycles. The van der Waals surface area contributed by atoms with Crippen molar-refractivity contribution in [1.29, 1.82) is 0 Å². The molecule has 0 bridgehead atoms. The summed E-state index contributed by atoms with van der Waals surface area (Å²) in [4.78, 5) is 21.6. The molecule has 0 spiro atoms. The van der Waals surface area contributed by atoms with Crippen LogP contribution >= 0.6 is 0 Å². The maximum Gasteiger partial charge on any atom is 0.226 e. The summed E-state index contributed by atoms with van der Waals surface area (Å²) in [5.41, 5.74) is 18.6. The van der Waals surface area contributed by atoms with E-state index in [2.05, 4.69) is 9.98 Å². The van der Waals surface area contributed by atoms with Crippen LogP contribution in [0.2, 0.25) is 0 Å². The van der Waals surface area contributed by atoms with Crippen molar-refractivity contribution in [3.8, 4) is 0 Å². The number of aryl methyl sites for hydroxylation is 1. The summed E-state index contributed by atoms with van der Waals surface area (Å²) in [6.07, 6.45) is 2.60. The standard InChI is InChI=1S/C14H20N6O/c1-9-8-10(18-14(17)19-13(15)16)5-6-11(9)20-7-3-2-4-12(20)21/h5-6,8H,2-4,7H2,1H3,(H6,15,16,17,18,19). The number of carbonyl (C=O) groups excluding carboxylic acids is 1. The highest BCUT2D eigenvalue weighted by atomic mass is 16.2. The predicted octanol–water partition coefficient (Wildman–Crippen LogP) is 0.732. The van der Waals surface area contributed by atoms with Crippen LogP contribution in [-0.2, 0) is 4.79 Å². The molecule has 0 atom stereocenters. The number of hydrogen-bond acceptors (Lipinski definition) is 2.